The lowest BCUT2D eigenvalue weighted by Gasteiger charge is -2.40. The van der Waals surface area contributed by atoms with Gasteiger partial charge in [-0.2, -0.15) is 0 Å². The van der Waals surface area contributed by atoms with Gasteiger partial charge in [0, 0.05) is 25.2 Å². The van der Waals surface area contributed by atoms with Gasteiger partial charge in [0.15, 0.2) is 0 Å². The lowest BCUT2D eigenvalue weighted by molar-refractivity contribution is 0.416. The van der Waals surface area contributed by atoms with Crippen LogP contribution < -0.4 is 10.6 Å². The monoisotopic (exact) mass is 255 g/mol. The minimum atomic E-state index is 0.644. The quantitative estimate of drug-likeness (QED) is 0.872. The molecule has 0 atom stereocenters. The third-order valence-electron chi connectivity index (χ3n) is 2.55. The largest absolute Gasteiger partial charge is 0.355 e. The molecule has 4 heteroatoms. The van der Waals surface area contributed by atoms with Crippen LogP contribution in [0.15, 0.2) is 16.7 Å². The van der Waals surface area contributed by atoms with Gasteiger partial charge in [0.25, 0.3) is 0 Å². The van der Waals surface area contributed by atoms with Gasteiger partial charge < -0.3 is 10.6 Å². The highest BCUT2D eigenvalue weighted by Gasteiger charge is 2.27. The fraction of sp³-hybridized carbons (Fsp3) is 0.500. The van der Waals surface area contributed by atoms with E-state index in [2.05, 4.69) is 31.9 Å². The van der Waals surface area contributed by atoms with Crippen molar-refractivity contribution >= 4 is 21.7 Å². The minimum Gasteiger partial charge on any atom is -0.355 e. The Labute approximate surface area is 92.4 Å². The van der Waals surface area contributed by atoms with Gasteiger partial charge in [-0.3, -0.25) is 0 Å². The molecule has 0 bridgehead atoms. The summed E-state index contributed by atoms with van der Waals surface area (Å²) in [5, 5.41) is 0. The number of hydrogen-bond acceptors (Lipinski definition) is 3. The molecule has 0 amide bonds. The molecule has 0 aromatic carbocycles. The number of halogens is 1. The first-order valence-corrected chi connectivity index (χ1v) is 5.57. The van der Waals surface area contributed by atoms with Crippen LogP contribution in [0, 0.1) is 12.8 Å². The maximum Gasteiger partial charge on any atom is 0.142 e. The molecule has 0 aliphatic carbocycles. The normalized spacial score (nSPS) is 16.9. The van der Waals surface area contributed by atoms with Crippen LogP contribution in [0.4, 0.5) is 5.82 Å². The molecular formula is C10H14BrN3. The molecule has 2 rings (SSSR count). The van der Waals surface area contributed by atoms with Crippen molar-refractivity contribution in [1.82, 2.24) is 4.98 Å². The van der Waals surface area contributed by atoms with E-state index in [9.17, 15) is 0 Å². The predicted molar refractivity (Wildman–Crippen MR) is 61.4 cm³/mol. The third-order valence-corrected chi connectivity index (χ3v) is 3.13. The standard InChI is InChI=1S/C10H14BrN3/c1-7-2-9(11)10(13-4-7)14-5-8(3-12)6-14/h2,4,8H,3,5-6,12H2,1H3. The smallest absolute Gasteiger partial charge is 0.142 e. The summed E-state index contributed by atoms with van der Waals surface area (Å²) in [6.07, 6.45) is 1.90. The molecule has 1 aliphatic rings. The molecule has 1 fully saturated rings. The zero-order valence-electron chi connectivity index (χ0n) is 8.20. The van der Waals surface area contributed by atoms with Crippen LogP contribution in [0.2, 0.25) is 0 Å². The number of hydrogen-bond donors (Lipinski definition) is 1. The number of aromatic nitrogens is 1. The summed E-state index contributed by atoms with van der Waals surface area (Å²) in [6.45, 7) is 4.89. The molecular weight excluding hydrogens is 242 g/mol. The van der Waals surface area contributed by atoms with Gasteiger partial charge in [0.05, 0.1) is 4.47 Å². The molecule has 76 valence electrons. The van der Waals surface area contributed by atoms with E-state index in [0.29, 0.717) is 5.92 Å². The van der Waals surface area contributed by atoms with E-state index >= 15 is 0 Å². The van der Waals surface area contributed by atoms with E-state index in [0.717, 1.165) is 29.9 Å². The van der Waals surface area contributed by atoms with Crippen molar-refractivity contribution in [3.05, 3.63) is 22.3 Å². The summed E-state index contributed by atoms with van der Waals surface area (Å²) in [5.41, 5.74) is 6.75. The molecule has 14 heavy (non-hydrogen) atoms. The van der Waals surface area contributed by atoms with E-state index in [-0.39, 0.29) is 0 Å². The molecule has 0 saturated carbocycles. The Morgan fingerprint density at radius 3 is 2.93 bits per heavy atom. The highest BCUT2D eigenvalue weighted by atomic mass is 79.9. The summed E-state index contributed by atoms with van der Waals surface area (Å²) < 4.78 is 1.08. The Kier molecular flexibility index (Phi) is 2.74. The Bertz CT molecular complexity index is 334. The van der Waals surface area contributed by atoms with Gasteiger partial charge in [-0.05, 0) is 41.0 Å². The van der Waals surface area contributed by atoms with Crippen molar-refractivity contribution in [1.29, 1.82) is 0 Å². The predicted octanol–water partition coefficient (Wildman–Crippen LogP) is 1.55. The molecule has 0 radical (unpaired) electrons. The lowest BCUT2D eigenvalue weighted by atomic mass is 10.0. The summed E-state index contributed by atoms with van der Waals surface area (Å²) in [7, 11) is 0. The molecule has 1 aliphatic heterocycles. The van der Waals surface area contributed by atoms with E-state index in [4.69, 9.17) is 5.73 Å². The van der Waals surface area contributed by atoms with Crippen molar-refractivity contribution in [3.63, 3.8) is 0 Å². The Morgan fingerprint density at radius 2 is 2.36 bits per heavy atom. The van der Waals surface area contributed by atoms with E-state index < -0.39 is 0 Å². The SMILES string of the molecule is Cc1cnc(N2CC(CN)C2)c(Br)c1. The van der Waals surface area contributed by atoms with E-state index in [1.165, 1.54) is 5.56 Å². The maximum atomic E-state index is 5.58. The summed E-state index contributed by atoms with van der Waals surface area (Å²) in [5.74, 6) is 1.69. The van der Waals surface area contributed by atoms with Crippen LogP contribution in [0.3, 0.4) is 0 Å². The van der Waals surface area contributed by atoms with Crippen LogP contribution in [0.1, 0.15) is 5.56 Å². The van der Waals surface area contributed by atoms with Crippen molar-refractivity contribution in [2.45, 2.75) is 6.92 Å². The first-order valence-electron chi connectivity index (χ1n) is 4.78. The molecule has 1 saturated heterocycles. The highest BCUT2D eigenvalue weighted by Crippen LogP contribution is 2.29. The first-order chi connectivity index (χ1) is 6.70. The van der Waals surface area contributed by atoms with Crippen LogP contribution >= 0.6 is 15.9 Å². The average Bonchev–Trinajstić information content (AvgIpc) is 2.06. The second-order valence-corrected chi connectivity index (χ2v) is 4.68. The summed E-state index contributed by atoms with van der Waals surface area (Å²) in [4.78, 5) is 6.66. The Balaban J connectivity index is 2.11. The summed E-state index contributed by atoms with van der Waals surface area (Å²) in [6, 6.07) is 2.10. The molecule has 3 nitrogen and oxygen atoms in total. The van der Waals surface area contributed by atoms with E-state index in [1.54, 1.807) is 0 Å². The molecule has 1 aromatic rings. The van der Waals surface area contributed by atoms with Gasteiger partial charge in [-0.1, -0.05) is 0 Å². The first kappa shape index (κ1) is 9.93. The second-order valence-electron chi connectivity index (χ2n) is 3.82. The number of pyridine rings is 1. The number of anilines is 1. The van der Waals surface area contributed by atoms with Crippen molar-refractivity contribution in [2.75, 3.05) is 24.5 Å². The lowest BCUT2D eigenvalue weighted by Crippen LogP contribution is -2.50. The fourth-order valence-corrected chi connectivity index (χ4v) is 2.37. The molecule has 0 unspecified atom stereocenters. The Hall–Kier alpha value is -0.610. The molecule has 1 aromatic heterocycles. The van der Waals surface area contributed by atoms with Crippen LogP contribution in [0.25, 0.3) is 0 Å². The Morgan fingerprint density at radius 1 is 1.64 bits per heavy atom. The number of nitrogens with two attached hydrogens (primary N) is 1. The van der Waals surface area contributed by atoms with Gasteiger partial charge >= 0.3 is 0 Å². The van der Waals surface area contributed by atoms with Crippen molar-refractivity contribution < 1.29 is 0 Å². The topological polar surface area (TPSA) is 42.2 Å². The fourth-order valence-electron chi connectivity index (χ4n) is 1.65. The highest BCUT2D eigenvalue weighted by molar-refractivity contribution is 9.10. The van der Waals surface area contributed by atoms with Gasteiger partial charge in [-0.25, -0.2) is 4.98 Å². The van der Waals surface area contributed by atoms with Crippen molar-refractivity contribution in [3.8, 4) is 0 Å². The van der Waals surface area contributed by atoms with Gasteiger partial charge in [0.2, 0.25) is 0 Å². The zero-order valence-corrected chi connectivity index (χ0v) is 9.79. The number of nitrogens with zero attached hydrogens (tertiary/aromatic N) is 2. The third kappa shape index (κ3) is 1.77. The van der Waals surface area contributed by atoms with Crippen LogP contribution in [0.5, 0.6) is 0 Å². The number of rotatable bonds is 2. The minimum absolute atomic E-state index is 0.644. The van der Waals surface area contributed by atoms with Gasteiger partial charge in [0.1, 0.15) is 5.82 Å². The van der Waals surface area contributed by atoms with E-state index in [1.807, 2.05) is 13.1 Å². The number of aryl methyl sites for hydroxylation is 1. The van der Waals surface area contributed by atoms with Crippen molar-refractivity contribution in [2.24, 2.45) is 11.7 Å². The zero-order chi connectivity index (χ0) is 10.1. The van der Waals surface area contributed by atoms with Gasteiger partial charge in [-0.15, -0.1) is 0 Å². The summed E-state index contributed by atoms with van der Waals surface area (Å²) >= 11 is 3.53. The van der Waals surface area contributed by atoms with Crippen LogP contribution in [-0.4, -0.2) is 24.6 Å². The average molecular weight is 256 g/mol. The second kappa shape index (κ2) is 3.87. The molecule has 2 heterocycles. The van der Waals surface area contributed by atoms with Crippen LogP contribution in [-0.2, 0) is 0 Å². The molecule has 2 N–H and O–H groups in total. The maximum absolute atomic E-state index is 5.58. The molecule has 0 spiro atoms.